The molecule has 4 nitrogen and oxygen atoms in total. The van der Waals surface area contributed by atoms with Gasteiger partial charge in [0.05, 0.1) is 6.61 Å². The number of hydrogen-bond donors (Lipinski definition) is 0. The minimum atomic E-state index is -0.326. The molecule has 1 atom stereocenters. The highest BCUT2D eigenvalue weighted by atomic mass is 16.5. The highest BCUT2D eigenvalue weighted by Crippen LogP contribution is 2.28. The third kappa shape index (κ3) is 7.19. The number of carbonyl (C=O) groups is 2. The summed E-state index contributed by atoms with van der Waals surface area (Å²) in [6.45, 7) is 13.2. The standard InChI is InChI=1S/C15H29NO3/c1-7-9-16(11-14(18)19-8-2)13(17)10-12(3)15(4,5)6/h12H,7-11H2,1-6H3. The molecule has 0 radical (unpaired) electrons. The second-order valence-electron chi connectivity index (χ2n) is 6.09. The minimum Gasteiger partial charge on any atom is -0.465 e. The SMILES string of the molecule is CCCN(CC(=O)OCC)C(=O)CC(C)C(C)(C)C. The van der Waals surface area contributed by atoms with E-state index in [4.69, 9.17) is 4.74 Å². The smallest absolute Gasteiger partial charge is 0.325 e. The molecule has 0 saturated carbocycles. The Kier molecular flexibility index (Phi) is 7.72. The van der Waals surface area contributed by atoms with Crippen LogP contribution in [0.25, 0.3) is 0 Å². The van der Waals surface area contributed by atoms with E-state index in [1.807, 2.05) is 6.92 Å². The van der Waals surface area contributed by atoms with Crippen LogP contribution < -0.4 is 0 Å². The van der Waals surface area contributed by atoms with E-state index < -0.39 is 0 Å². The second-order valence-corrected chi connectivity index (χ2v) is 6.09. The molecule has 0 aliphatic rings. The number of nitrogens with zero attached hydrogens (tertiary/aromatic N) is 1. The first-order valence-corrected chi connectivity index (χ1v) is 7.15. The molecule has 0 aromatic rings. The van der Waals surface area contributed by atoms with Crippen molar-refractivity contribution in [1.82, 2.24) is 4.90 Å². The molecule has 1 amide bonds. The Bertz CT molecular complexity index is 294. The maximum Gasteiger partial charge on any atom is 0.325 e. The number of esters is 1. The summed E-state index contributed by atoms with van der Waals surface area (Å²) < 4.78 is 4.91. The Morgan fingerprint density at radius 2 is 1.79 bits per heavy atom. The van der Waals surface area contributed by atoms with Gasteiger partial charge in [-0.1, -0.05) is 34.6 Å². The van der Waals surface area contributed by atoms with Crippen molar-refractivity contribution >= 4 is 11.9 Å². The van der Waals surface area contributed by atoms with Gasteiger partial charge in [0.25, 0.3) is 0 Å². The van der Waals surface area contributed by atoms with E-state index in [-0.39, 0.29) is 29.8 Å². The summed E-state index contributed by atoms with van der Waals surface area (Å²) in [4.78, 5) is 25.4. The number of carbonyl (C=O) groups excluding carboxylic acids is 2. The van der Waals surface area contributed by atoms with E-state index in [2.05, 4.69) is 27.7 Å². The lowest BCUT2D eigenvalue weighted by Crippen LogP contribution is -2.38. The number of amides is 1. The average Bonchev–Trinajstić information content (AvgIpc) is 2.27. The van der Waals surface area contributed by atoms with E-state index in [9.17, 15) is 9.59 Å². The molecular weight excluding hydrogens is 242 g/mol. The summed E-state index contributed by atoms with van der Waals surface area (Å²) in [7, 11) is 0. The van der Waals surface area contributed by atoms with Gasteiger partial charge in [-0.15, -0.1) is 0 Å². The quantitative estimate of drug-likeness (QED) is 0.669. The van der Waals surface area contributed by atoms with Gasteiger partial charge in [0, 0.05) is 13.0 Å². The Balaban J connectivity index is 4.53. The Morgan fingerprint density at radius 3 is 2.21 bits per heavy atom. The molecule has 0 bridgehead atoms. The fourth-order valence-corrected chi connectivity index (χ4v) is 1.62. The van der Waals surface area contributed by atoms with Crippen LogP contribution in [0, 0.1) is 11.3 Å². The topological polar surface area (TPSA) is 46.6 Å². The maximum absolute atomic E-state index is 12.2. The molecule has 1 unspecified atom stereocenters. The molecule has 0 rings (SSSR count). The van der Waals surface area contributed by atoms with Gasteiger partial charge in [-0.05, 0) is 24.7 Å². The first kappa shape index (κ1) is 17.9. The van der Waals surface area contributed by atoms with Crippen molar-refractivity contribution in [2.24, 2.45) is 11.3 Å². The molecule has 0 fully saturated rings. The van der Waals surface area contributed by atoms with Crippen LogP contribution in [0.5, 0.6) is 0 Å². The molecule has 19 heavy (non-hydrogen) atoms. The van der Waals surface area contributed by atoms with Gasteiger partial charge in [-0.25, -0.2) is 0 Å². The average molecular weight is 271 g/mol. The third-order valence-corrected chi connectivity index (χ3v) is 3.43. The van der Waals surface area contributed by atoms with Crippen molar-refractivity contribution in [3.8, 4) is 0 Å². The molecule has 0 aromatic carbocycles. The van der Waals surface area contributed by atoms with Crippen LogP contribution in [-0.2, 0) is 14.3 Å². The van der Waals surface area contributed by atoms with E-state index in [0.29, 0.717) is 19.6 Å². The molecule has 0 saturated heterocycles. The lowest BCUT2D eigenvalue weighted by molar-refractivity contribution is -0.149. The van der Waals surface area contributed by atoms with Crippen LogP contribution in [0.3, 0.4) is 0 Å². The Hall–Kier alpha value is -1.06. The molecule has 0 aromatic heterocycles. The molecule has 0 aliphatic carbocycles. The van der Waals surface area contributed by atoms with E-state index in [0.717, 1.165) is 6.42 Å². The fourth-order valence-electron chi connectivity index (χ4n) is 1.62. The number of rotatable bonds is 7. The molecule has 0 heterocycles. The first-order valence-electron chi connectivity index (χ1n) is 7.15. The predicted octanol–water partition coefficient (Wildman–Crippen LogP) is 2.86. The van der Waals surface area contributed by atoms with Crippen molar-refractivity contribution in [2.75, 3.05) is 19.7 Å². The summed E-state index contributed by atoms with van der Waals surface area (Å²) >= 11 is 0. The monoisotopic (exact) mass is 271 g/mol. The number of ether oxygens (including phenoxy) is 1. The van der Waals surface area contributed by atoms with Gasteiger partial charge in [0.15, 0.2) is 0 Å². The van der Waals surface area contributed by atoms with Crippen LogP contribution in [0.15, 0.2) is 0 Å². The van der Waals surface area contributed by atoms with Crippen LogP contribution in [-0.4, -0.2) is 36.5 Å². The van der Waals surface area contributed by atoms with Crippen molar-refractivity contribution in [3.63, 3.8) is 0 Å². The summed E-state index contributed by atoms with van der Waals surface area (Å²) in [5.74, 6) is -0.00779. The van der Waals surface area contributed by atoms with E-state index in [1.54, 1.807) is 11.8 Å². The molecule has 0 spiro atoms. The molecule has 0 N–H and O–H groups in total. The predicted molar refractivity (Wildman–Crippen MR) is 76.7 cm³/mol. The Morgan fingerprint density at radius 1 is 1.21 bits per heavy atom. The Labute approximate surface area is 117 Å². The summed E-state index contributed by atoms with van der Waals surface area (Å²) in [6.07, 6.45) is 1.32. The zero-order valence-electron chi connectivity index (χ0n) is 13.3. The molecule has 4 heteroatoms. The second kappa shape index (κ2) is 8.18. The number of hydrogen-bond acceptors (Lipinski definition) is 3. The van der Waals surface area contributed by atoms with Gasteiger partial charge in [0.2, 0.25) is 5.91 Å². The summed E-state index contributed by atoms with van der Waals surface area (Å²) in [5, 5.41) is 0. The van der Waals surface area contributed by atoms with E-state index >= 15 is 0 Å². The zero-order valence-corrected chi connectivity index (χ0v) is 13.3. The van der Waals surface area contributed by atoms with Crippen LogP contribution in [0.2, 0.25) is 0 Å². The summed E-state index contributed by atoms with van der Waals surface area (Å²) in [6, 6.07) is 0. The molecular formula is C15H29NO3. The lowest BCUT2D eigenvalue weighted by Gasteiger charge is -2.29. The van der Waals surface area contributed by atoms with Gasteiger partial charge in [-0.2, -0.15) is 0 Å². The van der Waals surface area contributed by atoms with Crippen molar-refractivity contribution in [3.05, 3.63) is 0 Å². The largest absolute Gasteiger partial charge is 0.465 e. The van der Waals surface area contributed by atoms with Crippen LogP contribution in [0.1, 0.15) is 54.4 Å². The fraction of sp³-hybridized carbons (Fsp3) is 0.867. The molecule has 112 valence electrons. The van der Waals surface area contributed by atoms with Crippen molar-refractivity contribution in [2.45, 2.75) is 54.4 Å². The maximum atomic E-state index is 12.2. The first-order chi connectivity index (χ1) is 8.72. The van der Waals surface area contributed by atoms with E-state index in [1.165, 1.54) is 0 Å². The summed E-state index contributed by atoms with van der Waals surface area (Å²) in [5.41, 5.74) is 0.0947. The normalized spacial score (nSPS) is 12.9. The van der Waals surface area contributed by atoms with Crippen LogP contribution >= 0.6 is 0 Å². The third-order valence-electron chi connectivity index (χ3n) is 3.43. The van der Waals surface area contributed by atoms with Gasteiger partial charge < -0.3 is 9.64 Å². The lowest BCUT2D eigenvalue weighted by atomic mass is 9.80. The highest BCUT2D eigenvalue weighted by Gasteiger charge is 2.25. The molecule has 0 aliphatic heterocycles. The van der Waals surface area contributed by atoms with Crippen LogP contribution in [0.4, 0.5) is 0 Å². The van der Waals surface area contributed by atoms with Crippen molar-refractivity contribution < 1.29 is 14.3 Å². The zero-order chi connectivity index (χ0) is 15.1. The highest BCUT2D eigenvalue weighted by molar-refractivity contribution is 5.82. The van der Waals surface area contributed by atoms with Gasteiger partial charge in [0.1, 0.15) is 6.54 Å². The van der Waals surface area contributed by atoms with Gasteiger partial charge >= 0.3 is 5.97 Å². The minimum absolute atomic E-state index is 0.0392. The van der Waals surface area contributed by atoms with Crippen molar-refractivity contribution in [1.29, 1.82) is 0 Å². The van der Waals surface area contributed by atoms with Gasteiger partial charge in [-0.3, -0.25) is 9.59 Å².